The quantitative estimate of drug-likeness (QED) is 0.759. The highest BCUT2D eigenvalue weighted by Gasteiger charge is 2.26. The Hall–Kier alpha value is -2.86. The number of nitrogens with one attached hydrogen (secondary N) is 2. The van der Waals surface area contributed by atoms with Crippen LogP contribution in [0.2, 0.25) is 0 Å². The molecule has 2 aromatic carbocycles. The molecular formula is C24H31N3O3. The van der Waals surface area contributed by atoms with Crippen LogP contribution in [0.1, 0.15) is 29.5 Å². The number of carbonyl (C=O) groups excluding carboxylic acids is 2. The van der Waals surface area contributed by atoms with Crippen molar-refractivity contribution in [2.45, 2.75) is 33.6 Å². The van der Waals surface area contributed by atoms with E-state index in [1.54, 1.807) is 7.11 Å². The molecule has 1 aliphatic heterocycles. The van der Waals surface area contributed by atoms with Crippen molar-refractivity contribution < 1.29 is 14.3 Å². The van der Waals surface area contributed by atoms with Gasteiger partial charge in [-0.2, -0.15) is 0 Å². The number of carbonyl (C=O) groups is 2. The number of benzene rings is 2. The summed E-state index contributed by atoms with van der Waals surface area (Å²) in [5.41, 5.74) is 4.96. The van der Waals surface area contributed by atoms with Crippen molar-refractivity contribution in [2.24, 2.45) is 5.92 Å². The molecule has 0 atom stereocenters. The molecule has 0 unspecified atom stereocenters. The summed E-state index contributed by atoms with van der Waals surface area (Å²) in [7, 11) is 1.64. The zero-order valence-electron chi connectivity index (χ0n) is 18.2. The average molecular weight is 410 g/mol. The maximum Gasteiger partial charge on any atom is 0.238 e. The standard InChI is InChI=1S/C24H31N3O3/c1-16-5-6-20(13-17(16)2)25-23(28)15-27-11-9-19(10-12-27)24(29)26-21-7-8-22(30-4)18(3)14-21/h5-8,13-14,19H,9-12,15H2,1-4H3,(H,25,28)(H,26,29). The summed E-state index contributed by atoms with van der Waals surface area (Å²) in [5.74, 6) is 0.792. The zero-order valence-corrected chi connectivity index (χ0v) is 18.2. The van der Waals surface area contributed by atoms with Gasteiger partial charge < -0.3 is 15.4 Å². The van der Waals surface area contributed by atoms with Gasteiger partial charge in [0.25, 0.3) is 0 Å². The van der Waals surface area contributed by atoms with Gasteiger partial charge in [-0.15, -0.1) is 0 Å². The molecular weight excluding hydrogens is 378 g/mol. The van der Waals surface area contributed by atoms with Gasteiger partial charge in [0.1, 0.15) is 5.75 Å². The van der Waals surface area contributed by atoms with Crippen LogP contribution in [0, 0.1) is 26.7 Å². The van der Waals surface area contributed by atoms with Crippen molar-refractivity contribution >= 4 is 23.2 Å². The molecule has 0 radical (unpaired) electrons. The molecule has 30 heavy (non-hydrogen) atoms. The van der Waals surface area contributed by atoms with E-state index in [9.17, 15) is 9.59 Å². The van der Waals surface area contributed by atoms with E-state index in [0.29, 0.717) is 6.54 Å². The molecule has 0 saturated carbocycles. The lowest BCUT2D eigenvalue weighted by Crippen LogP contribution is -2.41. The summed E-state index contributed by atoms with van der Waals surface area (Å²) in [6.45, 7) is 7.86. The number of amides is 2. The normalized spacial score (nSPS) is 14.9. The van der Waals surface area contributed by atoms with E-state index in [1.807, 2.05) is 50.2 Å². The van der Waals surface area contributed by atoms with Gasteiger partial charge in [0, 0.05) is 17.3 Å². The van der Waals surface area contributed by atoms with Crippen LogP contribution in [-0.4, -0.2) is 43.5 Å². The number of likely N-dealkylation sites (tertiary alicyclic amines) is 1. The topological polar surface area (TPSA) is 70.7 Å². The minimum absolute atomic E-state index is 0.0186. The summed E-state index contributed by atoms with van der Waals surface area (Å²) in [6.07, 6.45) is 1.50. The lowest BCUT2D eigenvalue weighted by Gasteiger charge is -2.30. The van der Waals surface area contributed by atoms with Crippen LogP contribution >= 0.6 is 0 Å². The van der Waals surface area contributed by atoms with Gasteiger partial charge in [-0.1, -0.05) is 6.07 Å². The monoisotopic (exact) mass is 409 g/mol. The first-order valence-corrected chi connectivity index (χ1v) is 10.4. The number of hydrogen-bond donors (Lipinski definition) is 2. The molecule has 1 fully saturated rings. The molecule has 1 aliphatic rings. The minimum Gasteiger partial charge on any atom is -0.496 e. The maximum atomic E-state index is 12.6. The fraction of sp³-hybridized carbons (Fsp3) is 0.417. The van der Waals surface area contributed by atoms with Gasteiger partial charge in [0.05, 0.1) is 13.7 Å². The Bertz CT molecular complexity index is 918. The third kappa shape index (κ3) is 5.60. The Labute approximate surface area is 178 Å². The maximum absolute atomic E-state index is 12.6. The Kier molecular flexibility index (Phi) is 7.11. The van der Waals surface area contributed by atoms with E-state index < -0.39 is 0 Å². The van der Waals surface area contributed by atoms with Crippen LogP contribution in [0.3, 0.4) is 0 Å². The van der Waals surface area contributed by atoms with E-state index in [4.69, 9.17) is 4.74 Å². The van der Waals surface area contributed by atoms with Crippen molar-refractivity contribution in [3.05, 3.63) is 53.1 Å². The number of piperidine rings is 1. The summed E-state index contributed by atoms with van der Waals surface area (Å²) in [4.78, 5) is 27.1. The molecule has 0 bridgehead atoms. The Morgan fingerprint density at radius 1 is 0.933 bits per heavy atom. The van der Waals surface area contributed by atoms with Crippen LogP contribution < -0.4 is 15.4 Å². The van der Waals surface area contributed by atoms with Gasteiger partial charge in [-0.3, -0.25) is 14.5 Å². The first-order chi connectivity index (χ1) is 14.4. The third-order valence-electron chi connectivity index (χ3n) is 5.78. The Morgan fingerprint density at radius 2 is 1.57 bits per heavy atom. The predicted molar refractivity (Wildman–Crippen MR) is 120 cm³/mol. The Balaban J connectivity index is 1.45. The SMILES string of the molecule is COc1ccc(NC(=O)C2CCN(CC(=O)Nc3ccc(C)c(C)c3)CC2)cc1C. The largest absolute Gasteiger partial charge is 0.496 e. The lowest BCUT2D eigenvalue weighted by atomic mass is 9.95. The highest BCUT2D eigenvalue weighted by atomic mass is 16.5. The third-order valence-corrected chi connectivity index (χ3v) is 5.78. The molecule has 160 valence electrons. The van der Waals surface area contributed by atoms with Gasteiger partial charge >= 0.3 is 0 Å². The number of hydrogen-bond acceptors (Lipinski definition) is 4. The lowest BCUT2D eigenvalue weighted by molar-refractivity contribution is -0.121. The van der Waals surface area contributed by atoms with Crippen LogP contribution in [0.15, 0.2) is 36.4 Å². The Morgan fingerprint density at radius 3 is 2.20 bits per heavy atom. The summed E-state index contributed by atoms with van der Waals surface area (Å²) < 4.78 is 5.26. The molecule has 1 saturated heterocycles. The molecule has 6 nitrogen and oxygen atoms in total. The van der Waals surface area contributed by atoms with Crippen LogP contribution in [0.5, 0.6) is 5.75 Å². The highest BCUT2D eigenvalue weighted by molar-refractivity contribution is 5.93. The van der Waals surface area contributed by atoms with Crippen LogP contribution in [0.25, 0.3) is 0 Å². The number of nitrogens with zero attached hydrogens (tertiary/aromatic N) is 1. The second kappa shape index (κ2) is 9.76. The molecule has 0 aliphatic carbocycles. The molecule has 0 spiro atoms. The average Bonchev–Trinajstić information content (AvgIpc) is 2.71. The van der Waals surface area contributed by atoms with E-state index in [-0.39, 0.29) is 17.7 Å². The second-order valence-electron chi connectivity index (χ2n) is 8.07. The van der Waals surface area contributed by atoms with E-state index >= 15 is 0 Å². The summed E-state index contributed by atoms with van der Waals surface area (Å²) in [5, 5.41) is 5.98. The van der Waals surface area contributed by atoms with Gasteiger partial charge in [-0.05, 0) is 93.7 Å². The van der Waals surface area contributed by atoms with Crippen LogP contribution in [0.4, 0.5) is 11.4 Å². The minimum atomic E-state index is -0.0357. The van der Waals surface area contributed by atoms with Gasteiger partial charge in [0.15, 0.2) is 0 Å². The van der Waals surface area contributed by atoms with E-state index in [0.717, 1.165) is 54.2 Å². The molecule has 2 amide bonds. The second-order valence-corrected chi connectivity index (χ2v) is 8.07. The fourth-order valence-electron chi connectivity index (χ4n) is 3.78. The number of rotatable bonds is 6. The molecule has 1 heterocycles. The number of methoxy groups -OCH3 is 1. The highest BCUT2D eigenvalue weighted by Crippen LogP contribution is 2.24. The smallest absolute Gasteiger partial charge is 0.238 e. The first kappa shape index (κ1) is 21.8. The number of anilines is 2. The van der Waals surface area contributed by atoms with Gasteiger partial charge in [-0.25, -0.2) is 0 Å². The van der Waals surface area contributed by atoms with E-state index in [2.05, 4.69) is 22.5 Å². The number of ether oxygens (including phenoxy) is 1. The van der Waals surface area contributed by atoms with Crippen LogP contribution in [-0.2, 0) is 9.59 Å². The summed E-state index contributed by atoms with van der Waals surface area (Å²) in [6, 6.07) is 11.6. The van der Waals surface area contributed by atoms with Gasteiger partial charge in [0.2, 0.25) is 11.8 Å². The summed E-state index contributed by atoms with van der Waals surface area (Å²) >= 11 is 0. The van der Waals surface area contributed by atoms with Crippen molar-refractivity contribution in [1.29, 1.82) is 0 Å². The molecule has 3 rings (SSSR count). The molecule has 0 aromatic heterocycles. The van der Waals surface area contributed by atoms with Crippen molar-refractivity contribution in [2.75, 3.05) is 37.4 Å². The number of aryl methyl sites for hydroxylation is 3. The van der Waals surface area contributed by atoms with Crippen molar-refractivity contribution in [3.63, 3.8) is 0 Å². The predicted octanol–water partition coefficient (Wildman–Crippen LogP) is 3.91. The van der Waals surface area contributed by atoms with Crippen molar-refractivity contribution in [3.8, 4) is 5.75 Å². The zero-order chi connectivity index (χ0) is 21.7. The molecule has 2 aromatic rings. The molecule has 2 N–H and O–H groups in total. The molecule has 6 heteroatoms. The van der Waals surface area contributed by atoms with E-state index in [1.165, 1.54) is 5.56 Å². The van der Waals surface area contributed by atoms with Crippen molar-refractivity contribution in [1.82, 2.24) is 4.90 Å². The first-order valence-electron chi connectivity index (χ1n) is 10.4. The fourth-order valence-corrected chi connectivity index (χ4v) is 3.78.